The van der Waals surface area contributed by atoms with Crippen molar-refractivity contribution in [3.8, 4) is 17.2 Å². The van der Waals surface area contributed by atoms with E-state index in [1.54, 1.807) is 7.11 Å². The highest BCUT2D eigenvalue weighted by Crippen LogP contribution is 2.31. The summed E-state index contributed by atoms with van der Waals surface area (Å²) in [7, 11) is 1.61. The minimum absolute atomic E-state index is 0.0370. The molecule has 8 nitrogen and oxygen atoms in total. The number of fused-ring (bicyclic) bond motifs is 1. The first-order chi connectivity index (χ1) is 15.1. The Morgan fingerprint density at radius 2 is 1.77 bits per heavy atom. The van der Waals surface area contributed by atoms with E-state index in [1.807, 2.05) is 48.5 Å². The fourth-order valence-electron chi connectivity index (χ4n) is 3.82. The largest absolute Gasteiger partial charge is 0.497 e. The van der Waals surface area contributed by atoms with E-state index in [0.717, 1.165) is 37.6 Å². The molecule has 0 spiro atoms. The molecule has 2 unspecified atom stereocenters. The maximum absolute atomic E-state index is 12.3. The lowest BCUT2D eigenvalue weighted by Crippen LogP contribution is -2.53. The number of aliphatic hydroxyl groups is 1. The average molecular weight is 428 g/mol. The first-order valence-corrected chi connectivity index (χ1v) is 10.6. The van der Waals surface area contributed by atoms with Gasteiger partial charge in [-0.2, -0.15) is 0 Å². The van der Waals surface area contributed by atoms with Crippen LogP contribution in [0.4, 0.5) is 5.69 Å². The van der Waals surface area contributed by atoms with Gasteiger partial charge in [0.2, 0.25) is 5.91 Å². The van der Waals surface area contributed by atoms with Crippen LogP contribution in [0.25, 0.3) is 0 Å². The molecule has 31 heavy (non-hydrogen) atoms. The van der Waals surface area contributed by atoms with Gasteiger partial charge in [0.05, 0.1) is 13.7 Å². The van der Waals surface area contributed by atoms with E-state index >= 15 is 0 Å². The van der Waals surface area contributed by atoms with Gasteiger partial charge in [0, 0.05) is 38.4 Å². The molecule has 2 aromatic rings. The second-order valence-corrected chi connectivity index (χ2v) is 7.83. The van der Waals surface area contributed by atoms with Crippen LogP contribution in [-0.4, -0.2) is 86.0 Å². The van der Waals surface area contributed by atoms with Gasteiger partial charge in [-0.1, -0.05) is 12.1 Å². The molecule has 0 aromatic heterocycles. The molecule has 166 valence electrons. The Bertz CT molecular complexity index is 868. The summed E-state index contributed by atoms with van der Waals surface area (Å²) in [6.45, 7) is 4.32. The third-order valence-electron chi connectivity index (χ3n) is 5.61. The molecule has 2 N–H and O–H groups in total. The van der Waals surface area contributed by atoms with Gasteiger partial charge < -0.3 is 24.6 Å². The lowest BCUT2D eigenvalue weighted by atomic mass is 10.1. The van der Waals surface area contributed by atoms with Crippen LogP contribution in [0.5, 0.6) is 17.2 Å². The maximum atomic E-state index is 12.3. The summed E-state index contributed by atoms with van der Waals surface area (Å²) in [5.41, 5.74) is 0.754. The van der Waals surface area contributed by atoms with Crippen LogP contribution in [0.15, 0.2) is 48.5 Å². The summed E-state index contributed by atoms with van der Waals surface area (Å²) >= 11 is 0. The van der Waals surface area contributed by atoms with Crippen molar-refractivity contribution in [2.75, 3.05) is 58.3 Å². The standard InChI is InChI=1S/C23H29N3O5/c1-29-18-8-6-17(7-9-18)24-23(28)15-26-12-10-25(11-13-26)14-19(27)22-16-30-20-4-2-3-5-21(20)31-22/h2-9,19,22,27H,10-16H2,1H3,(H,24,28). The normalized spacial score (nSPS) is 20.1. The Hall–Kier alpha value is -2.81. The fourth-order valence-corrected chi connectivity index (χ4v) is 3.82. The number of anilines is 1. The van der Waals surface area contributed by atoms with Gasteiger partial charge in [-0.15, -0.1) is 0 Å². The van der Waals surface area contributed by atoms with Crippen LogP contribution in [0, 0.1) is 0 Å². The number of aliphatic hydroxyl groups excluding tert-OH is 1. The molecule has 0 bridgehead atoms. The lowest BCUT2D eigenvalue weighted by molar-refractivity contribution is -0.117. The topological polar surface area (TPSA) is 83.5 Å². The van der Waals surface area contributed by atoms with E-state index < -0.39 is 6.10 Å². The zero-order chi connectivity index (χ0) is 21.6. The highest BCUT2D eigenvalue weighted by Gasteiger charge is 2.30. The van der Waals surface area contributed by atoms with Crippen LogP contribution in [0.2, 0.25) is 0 Å². The minimum Gasteiger partial charge on any atom is -0.497 e. The molecular weight excluding hydrogens is 398 g/mol. The molecule has 8 heteroatoms. The van der Waals surface area contributed by atoms with Crippen molar-refractivity contribution in [2.45, 2.75) is 12.2 Å². The Balaban J connectivity index is 1.18. The van der Waals surface area contributed by atoms with Gasteiger partial charge in [-0.25, -0.2) is 0 Å². The van der Waals surface area contributed by atoms with Crippen molar-refractivity contribution in [2.24, 2.45) is 0 Å². The number of nitrogens with one attached hydrogen (secondary N) is 1. The number of hydrogen-bond donors (Lipinski definition) is 2. The number of piperazine rings is 1. The Labute approximate surface area is 182 Å². The van der Waals surface area contributed by atoms with Crippen LogP contribution < -0.4 is 19.5 Å². The number of rotatable bonds is 7. The molecule has 0 aliphatic carbocycles. The Morgan fingerprint density at radius 3 is 2.48 bits per heavy atom. The van der Waals surface area contributed by atoms with E-state index in [1.165, 1.54) is 0 Å². The molecule has 2 heterocycles. The highest BCUT2D eigenvalue weighted by molar-refractivity contribution is 5.92. The molecule has 2 atom stereocenters. The third-order valence-corrected chi connectivity index (χ3v) is 5.61. The SMILES string of the molecule is COc1ccc(NC(=O)CN2CCN(CC(O)C3COc4ccccc4O3)CC2)cc1. The minimum atomic E-state index is -0.640. The zero-order valence-electron chi connectivity index (χ0n) is 17.7. The predicted octanol–water partition coefficient (Wildman–Crippen LogP) is 1.45. The molecular formula is C23H29N3O5. The average Bonchev–Trinajstić information content (AvgIpc) is 2.80. The van der Waals surface area contributed by atoms with Crippen LogP contribution in [0.3, 0.4) is 0 Å². The van der Waals surface area contributed by atoms with E-state index in [0.29, 0.717) is 31.2 Å². The van der Waals surface area contributed by atoms with Gasteiger partial charge in [0.25, 0.3) is 0 Å². The zero-order valence-corrected chi connectivity index (χ0v) is 17.7. The predicted molar refractivity (Wildman–Crippen MR) is 117 cm³/mol. The number of carbonyl (C=O) groups excluding carboxylic acids is 1. The number of para-hydroxylation sites is 2. The molecule has 2 aromatic carbocycles. The Morgan fingerprint density at radius 1 is 1.10 bits per heavy atom. The first kappa shape index (κ1) is 21.4. The van der Waals surface area contributed by atoms with Gasteiger partial charge in [-0.3, -0.25) is 14.6 Å². The van der Waals surface area contributed by atoms with Crippen molar-refractivity contribution in [1.82, 2.24) is 9.80 Å². The number of amides is 1. The second kappa shape index (κ2) is 10.00. The summed E-state index contributed by atoms with van der Waals surface area (Å²) in [5.74, 6) is 2.11. The second-order valence-electron chi connectivity index (χ2n) is 7.83. The third kappa shape index (κ3) is 5.66. The number of nitrogens with zero attached hydrogens (tertiary/aromatic N) is 2. The van der Waals surface area contributed by atoms with E-state index in [9.17, 15) is 9.90 Å². The molecule has 2 aliphatic rings. The van der Waals surface area contributed by atoms with E-state index in [2.05, 4.69) is 15.1 Å². The molecule has 0 radical (unpaired) electrons. The van der Waals surface area contributed by atoms with Crippen LogP contribution >= 0.6 is 0 Å². The van der Waals surface area contributed by atoms with E-state index in [4.69, 9.17) is 14.2 Å². The number of hydrogen-bond acceptors (Lipinski definition) is 7. The summed E-state index contributed by atoms with van der Waals surface area (Å²) in [4.78, 5) is 16.7. The quantitative estimate of drug-likeness (QED) is 0.692. The van der Waals surface area contributed by atoms with E-state index in [-0.39, 0.29) is 12.0 Å². The van der Waals surface area contributed by atoms with Crippen molar-refractivity contribution in [3.63, 3.8) is 0 Å². The lowest BCUT2D eigenvalue weighted by Gasteiger charge is -2.37. The van der Waals surface area contributed by atoms with Crippen LogP contribution in [-0.2, 0) is 4.79 Å². The molecule has 1 saturated heterocycles. The van der Waals surface area contributed by atoms with Gasteiger partial charge in [0.15, 0.2) is 17.6 Å². The van der Waals surface area contributed by atoms with Crippen molar-refractivity contribution >= 4 is 11.6 Å². The van der Waals surface area contributed by atoms with Gasteiger partial charge in [-0.05, 0) is 36.4 Å². The number of ether oxygens (including phenoxy) is 3. The fraction of sp³-hybridized carbons (Fsp3) is 0.435. The summed E-state index contributed by atoms with van der Waals surface area (Å²) in [6.07, 6.45) is -1.03. The number of carbonyl (C=O) groups is 1. The number of methoxy groups -OCH3 is 1. The van der Waals surface area contributed by atoms with Crippen molar-refractivity contribution < 1.29 is 24.1 Å². The molecule has 4 rings (SSSR count). The molecule has 0 saturated carbocycles. The first-order valence-electron chi connectivity index (χ1n) is 10.6. The molecule has 1 fully saturated rings. The molecule has 1 amide bonds. The summed E-state index contributed by atoms with van der Waals surface area (Å²) < 4.78 is 16.7. The molecule has 2 aliphatic heterocycles. The highest BCUT2D eigenvalue weighted by atomic mass is 16.6. The van der Waals surface area contributed by atoms with Gasteiger partial charge >= 0.3 is 0 Å². The van der Waals surface area contributed by atoms with Gasteiger partial charge in [0.1, 0.15) is 18.5 Å². The smallest absolute Gasteiger partial charge is 0.238 e. The maximum Gasteiger partial charge on any atom is 0.238 e. The Kier molecular flexibility index (Phi) is 6.91. The van der Waals surface area contributed by atoms with Crippen molar-refractivity contribution in [3.05, 3.63) is 48.5 Å². The monoisotopic (exact) mass is 427 g/mol. The summed E-state index contributed by atoms with van der Waals surface area (Å²) in [5, 5.41) is 13.5. The van der Waals surface area contributed by atoms with Crippen LogP contribution in [0.1, 0.15) is 0 Å². The van der Waals surface area contributed by atoms with Crippen molar-refractivity contribution in [1.29, 1.82) is 0 Å². The number of β-amino-alcohol motifs (C(OH)–C–C–N with tert-alkyl or cyclic N) is 1. The summed E-state index contributed by atoms with van der Waals surface area (Å²) in [6, 6.07) is 14.8. The number of benzene rings is 2.